The van der Waals surface area contributed by atoms with Crippen molar-refractivity contribution in [1.29, 1.82) is 0 Å². The molecule has 104 valence electrons. The molecule has 19 heavy (non-hydrogen) atoms. The molecule has 2 nitrogen and oxygen atoms in total. The van der Waals surface area contributed by atoms with Crippen LogP contribution >= 0.6 is 15.9 Å². The highest BCUT2D eigenvalue weighted by molar-refractivity contribution is 9.10. The fraction of sp³-hybridized carbons (Fsp3) is 0.600. The lowest BCUT2D eigenvalue weighted by atomic mass is 9.76. The molecule has 1 N–H and O–H groups in total. The molecule has 1 aliphatic carbocycles. The van der Waals surface area contributed by atoms with Crippen molar-refractivity contribution in [3.8, 4) is 0 Å². The third-order valence-corrected chi connectivity index (χ3v) is 5.11. The van der Waals surface area contributed by atoms with Crippen LogP contribution in [0, 0.1) is 11.7 Å². The van der Waals surface area contributed by atoms with Gasteiger partial charge in [0, 0.05) is 36.7 Å². The molecule has 3 rings (SSSR count). The van der Waals surface area contributed by atoms with Crippen molar-refractivity contribution in [2.45, 2.75) is 25.3 Å². The summed E-state index contributed by atoms with van der Waals surface area (Å²) in [5.41, 5.74) is 1.26. The minimum atomic E-state index is -0.164. The van der Waals surface area contributed by atoms with E-state index in [-0.39, 0.29) is 5.82 Å². The lowest BCUT2D eigenvalue weighted by Gasteiger charge is -2.43. The molecule has 0 unspecified atom stereocenters. The van der Waals surface area contributed by atoms with Crippen molar-refractivity contribution in [3.63, 3.8) is 0 Å². The Morgan fingerprint density at radius 1 is 1.26 bits per heavy atom. The molecular formula is C15H20BrFN2. The third-order valence-electron chi connectivity index (χ3n) is 4.42. The highest BCUT2D eigenvalue weighted by Gasteiger charge is 2.34. The van der Waals surface area contributed by atoms with Gasteiger partial charge in [-0.3, -0.25) is 4.90 Å². The van der Waals surface area contributed by atoms with E-state index < -0.39 is 0 Å². The zero-order valence-corrected chi connectivity index (χ0v) is 12.6. The van der Waals surface area contributed by atoms with Crippen molar-refractivity contribution >= 4 is 15.9 Å². The van der Waals surface area contributed by atoms with E-state index in [1.165, 1.54) is 24.8 Å². The maximum Gasteiger partial charge on any atom is 0.124 e. The first-order chi connectivity index (χ1) is 9.25. The zero-order chi connectivity index (χ0) is 13.2. The highest BCUT2D eigenvalue weighted by Crippen LogP contribution is 2.43. The number of rotatable bonds is 3. The van der Waals surface area contributed by atoms with Gasteiger partial charge < -0.3 is 5.32 Å². The smallest absolute Gasteiger partial charge is 0.124 e. The molecule has 0 radical (unpaired) electrons. The summed E-state index contributed by atoms with van der Waals surface area (Å²) < 4.78 is 14.2. The van der Waals surface area contributed by atoms with Gasteiger partial charge in [0.2, 0.25) is 0 Å². The number of hydrogen-bond acceptors (Lipinski definition) is 2. The summed E-state index contributed by atoms with van der Waals surface area (Å²) in [6.45, 7) is 4.29. The van der Waals surface area contributed by atoms with Crippen molar-refractivity contribution < 1.29 is 4.39 Å². The first kappa shape index (κ1) is 13.5. The van der Waals surface area contributed by atoms with E-state index in [1.54, 1.807) is 12.1 Å². The minimum Gasteiger partial charge on any atom is -0.314 e. The summed E-state index contributed by atoms with van der Waals surface area (Å²) in [6.07, 6.45) is 3.95. The number of nitrogens with zero attached hydrogens (tertiary/aromatic N) is 1. The molecule has 4 heteroatoms. The number of halogens is 2. The van der Waals surface area contributed by atoms with Crippen molar-refractivity contribution in [2.24, 2.45) is 5.92 Å². The second kappa shape index (κ2) is 5.90. The Labute approximate surface area is 122 Å². The van der Waals surface area contributed by atoms with Crippen LogP contribution in [0.3, 0.4) is 0 Å². The van der Waals surface area contributed by atoms with Gasteiger partial charge in [-0.15, -0.1) is 0 Å². The van der Waals surface area contributed by atoms with E-state index >= 15 is 0 Å². The quantitative estimate of drug-likeness (QED) is 0.916. The summed E-state index contributed by atoms with van der Waals surface area (Å²) in [7, 11) is 0. The zero-order valence-electron chi connectivity index (χ0n) is 11.0. The topological polar surface area (TPSA) is 15.3 Å². The molecule has 2 aliphatic rings. The number of benzene rings is 1. The largest absolute Gasteiger partial charge is 0.314 e. The van der Waals surface area contributed by atoms with Crippen LogP contribution in [0.4, 0.5) is 4.39 Å². The standard InChI is InChI=1S/C15H20BrFN2/c16-14-10-12(17)4-5-13(14)15(11-2-1-3-11)19-8-6-18-7-9-19/h4-5,10-11,15,18H,1-3,6-9H2/t15-/m0/s1. The molecule has 1 aliphatic heterocycles. The molecule has 1 atom stereocenters. The van der Waals surface area contributed by atoms with Crippen LogP contribution in [0.25, 0.3) is 0 Å². The van der Waals surface area contributed by atoms with Gasteiger partial charge in [-0.2, -0.15) is 0 Å². The van der Waals surface area contributed by atoms with E-state index in [0.717, 1.165) is 36.6 Å². The fourth-order valence-corrected chi connectivity index (χ4v) is 3.79. The highest BCUT2D eigenvalue weighted by atomic mass is 79.9. The van der Waals surface area contributed by atoms with E-state index in [4.69, 9.17) is 0 Å². The van der Waals surface area contributed by atoms with Crippen LogP contribution in [0.15, 0.2) is 22.7 Å². The molecule has 1 aromatic rings. The molecule has 1 saturated heterocycles. The van der Waals surface area contributed by atoms with Crippen LogP contribution in [-0.4, -0.2) is 31.1 Å². The first-order valence-electron chi connectivity index (χ1n) is 7.15. The van der Waals surface area contributed by atoms with Crippen molar-refractivity contribution in [2.75, 3.05) is 26.2 Å². The number of nitrogens with one attached hydrogen (secondary N) is 1. The Bertz CT molecular complexity index is 442. The normalized spacial score (nSPS) is 23.1. The van der Waals surface area contributed by atoms with Gasteiger partial charge in [0.1, 0.15) is 5.82 Å². The van der Waals surface area contributed by atoms with Crippen LogP contribution in [0.2, 0.25) is 0 Å². The lowest BCUT2D eigenvalue weighted by molar-refractivity contribution is 0.0832. The van der Waals surface area contributed by atoms with Crippen LogP contribution in [0.5, 0.6) is 0 Å². The summed E-state index contributed by atoms with van der Waals surface area (Å²) in [6, 6.07) is 5.60. The van der Waals surface area contributed by atoms with E-state index in [2.05, 4.69) is 26.1 Å². The van der Waals surface area contributed by atoms with Gasteiger partial charge in [0.05, 0.1) is 0 Å². The van der Waals surface area contributed by atoms with Gasteiger partial charge in [0.15, 0.2) is 0 Å². The van der Waals surface area contributed by atoms with Gasteiger partial charge >= 0.3 is 0 Å². The Hall–Kier alpha value is -0.450. The lowest BCUT2D eigenvalue weighted by Crippen LogP contribution is -2.47. The molecule has 1 saturated carbocycles. The van der Waals surface area contributed by atoms with Gasteiger partial charge in [-0.1, -0.05) is 28.4 Å². The molecule has 2 fully saturated rings. The van der Waals surface area contributed by atoms with Crippen molar-refractivity contribution in [1.82, 2.24) is 10.2 Å². The second-order valence-electron chi connectivity index (χ2n) is 5.59. The average molecular weight is 327 g/mol. The Kier molecular flexibility index (Phi) is 4.20. The first-order valence-corrected chi connectivity index (χ1v) is 7.95. The maximum atomic E-state index is 13.3. The fourth-order valence-electron chi connectivity index (χ4n) is 3.21. The third kappa shape index (κ3) is 2.86. The minimum absolute atomic E-state index is 0.164. The maximum absolute atomic E-state index is 13.3. The van der Waals surface area contributed by atoms with E-state index in [1.807, 2.05) is 6.07 Å². The monoisotopic (exact) mass is 326 g/mol. The van der Waals surface area contributed by atoms with Gasteiger partial charge in [-0.05, 0) is 36.5 Å². The van der Waals surface area contributed by atoms with Gasteiger partial charge in [-0.25, -0.2) is 4.39 Å². The van der Waals surface area contributed by atoms with Gasteiger partial charge in [0.25, 0.3) is 0 Å². The summed E-state index contributed by atoms with van der Waals surface area (Å²) in [5.74, 6) is 0.572. The van der Waals surface area contributed by atoms with E-state index in [0.29, 0.717) is 6.04 Å². The van der Waals surface area contributed by atoms with Crippen LogP contribution < -0.4 is 5.32 Å². The SMILES string of the molecule is Fc1ccc([C@H](C2CCC2)N2CCNCC2)c(Br)c1. The van der Waals surface area contributed by atoms with Crippen LogP contribution in [0.1, 0.15) is 30.9 Å². The molecule has 0 amide bonds. The summed E-state index contributed by atoms with van der Waals surface area (Å²) in [4.78, 5) is 2.57. The Morgan fingerprint density at radius 3 is 2.58 bits per heavy atom. The molecular weight excluding hydrogens is 307 g/mol. The molecule has 1 heterocycles. The molecule has 1 aromatic carbocycles. The predicted molar refractivity (Wildman–Crippen MR) is 78.6 cm³/mol. The predicted octanol–water partition coefficient (Wildman–Crippen LogP) is 3.33. The van der Waals surface area contributed by atoms with Crippen molar-refractivity contribution in [3.05, 3.63) is 34.1 Å². The summed E-state index contributed by atoms with van der Waals surface area (Å²) in [5, 5.41) is 3.41. The van der Waals surface area contributed by atoms with E-state index in [9.17, 15) is 4.39 Å². The number of piperazine rings is 1. The van der Waals surface area contributed by atoms with Crippen LogP contribution in [-0.2, 0) is 0 Å². The Morgan fingerprint density at radius 2 is 2.00 bits per heavy atom. The molecule has 0 aromatic heterocycles. The average Bonchev–Trinajstić information content (AvgIpc) is 2.35. The summed E-state index contributed by atoms with van der Waals surface area (Å²) >= 11 is 3.55. The number of hydrogen-bond donors (Lipinski definition) is 1. The Balaban J connectivity index is 1.88. The second-order valence-corrected chi connectivity index (χ2v) is 6.44. The molecule has 0 bridgehead atoms. The molecule has 0 spiro atoms.